The van der Waals surface area contributed by atoms with Gasteiger partial charge >= 0.3 is 0 Å². The largest absolute Gasteiger partial charge is 0.457 e. The van der Waals surface area contributed by atoms with Gasteiger partial charge in [-0.15, -0.1) is 0 Å². The lowest BCUT2D eigenvalue weighted by Crippen LogP contribution is -2.30. The van der Waals surface area contributed by atoms with Crippen LogP contribution >= 0.6 is 0 Å². The molecule has 0 spiro atoms. The molecule has 2 heterocycles. The van der Waals surface area contributed by atoms with Crippen LogP contribution in [0.5, 0.6) is 11.5 Å². The Morgan fingerprint density at radius 2 is 1.60 bits per heavy atom. The molecule has 1 aliphatic heterocycles. The molecule has 0 saturated carbocycles. The Hall–Kier alpha value is -3.34. The van der Waals surface area contributed by atoms with Crippen molar-refractivity contribution in [3.05, 3.63) is 83.0 Å². The summed E-state index contributed by atoms with van der Waals surface area (Å²) in [6.07, 6.45) is 1.70. The van der Waals surface area contributed by atoms with Crippen LogP contribution in [0.1, 0.15) is 53.9 Å². The quantitative estimate of drug-likeness (QED) is 0.574. The van der Waals surface area contributed by atoms with E-state index in [0.717, 1.165) is 34.0 Å². The highest BCUT2D eigenvalue weighted by Crippen LogP contribution is 2.31. The van der Waals surface area contributed by atoms with E-state index in [-0.39, 0.29) is 18.0 Å². The van der Waals surface area contributed by atoms with Gasteiger partial charge in [0.15, 0.2) is 0 Å². The number of hydrogen-bond acceptors (Lipinski definition) is 4. The van der Waals surface area contributed by atoms with E-state index >= 15 is 0 Å². The Kier molecular flexibility index (Phi) is 5.44. The SMILES string of the molecule is Cc1ccc(Oc2ccc(C(C)Nc3nccc4c3CN(C(C)C)C4=O)cc2)cc1. The smallest absolute Gasteiger partial charge is 0.254 e. The van der Waals surface area contributed by atoms with Crippen LogP contribution in [0, 0.1) is 6.92 Å². The number of carbonyl (C=O) groups excluding carboxylic acids is 1. The number of nitrogens with zero attached hydrogens (tertiary/aromatic N) is 2. The molecule has 1 amide bonds. The van der Waals surface area contributed by atoms with Gasteiger partial charge in [0.05, 0.1) is 6.54 Å². The van der Waals surface area contributed by atoms with Gasteiger partial charge in [0.25, 0.3) is 5.91 Å². The highest BCUT2D eigenvalue weighted by Gasteiger charge is 2.31. The third-order valence-electron chi connectivity index (χ3n) is 5.49. The standard InChI is InChI=1S/C25H27N3O2/c1-16(2)28-15-23-22(25(28)29)13-14-26-24(23)27-18(4)19-7-11-21(12-8-19)30-20-9-5-17(3)6-10-20/h5-14,16,18H,15H2,1-4H3,(H,26,27). The topological polar surface area (TPSA) is 54.5 Å². The van der Waals surface area contributed by atoms with Gasteiger partial charge in [-0.3, -0.25) is 4.79 Å². The number of benzene rings is 2. The zero-order valence-electron chi connectivity index (χ0n) is 17.8. The highest BCUT2D eigenvalue weighted by molar-refractivity contribution is 5.99. The lowest BCUT2D eigenvalue weighted by molar-refractivity contribution is 0.0731. The predicted octanol–water partition coefficient (Wildman–Crippen LogP) is 5.72. The molecule has 1 aliphatic rings. The van der Waals surface area contributed by atoms with Crippen molar-refractivity contribution in [1.29, 1.82) is 0 Å². The number of ether oxygens (including phenoxy) is 1. The number of aromatic nitrogens is 1. The molecular weight excluding hydrogens is 374 g/mol. The third-order valence-corrected chi connectivity index (χ3v) is 5.49. The fraction of sp³-hybridized carbons (Fsp3) is 0.280. The van der Waals surface area contributed by atoms with E-state index < -0.39 is 0 Å². The second-order valence-electron chi connectivity index (χ2n) is 8.06. The Bertz CT molecular complexity index is 1040. The number of aryl methyl sites for hydroxylation is 1. The number of nitrogens with one attached hydrogen (secondary N) is 1. The van der Waals surface area contributed by atoms with Crippen LogP contribution in [-0.2, 0) is 6.54 Å². The molecule has 154 valence electrons. The Balaban J connectivity index is 1.47. The molecule has 0 bridgehead atoms. The van der Waals surface area contributed by atoms with Gasteiger partial charge in [0.2, 0.25) is 0 Å². The van der Waals surface area contributed by atoms with E-state index in [0.29, 0.717) is 6.54 Å². The van der Waals surface area contributed by atoms with Gasteiger partial charge in [-0.1, -0.05) is 29.8 Å². The van der Waals surface area contributed by atoms with Gasteiger partial charge in [0, 0.05) is 29.4 Å². The monoisotopic (exact) mass is 401 g/mol. The summed E-state index contributed by atoms with van der Waals surface area (Å²) in [6, 6.07) is 18.1. The Morgan fingerprint density at radius 3 is 2.23 bits per heavy atom. The zero-order valence-corrected chi connectivity index (χ0v) is 17.8. The predicted molar refractivity (Wildman–Crippen MR) is 119 cm³/mol. The fourth-order valence-electron chi connectivity index (χ4n) is 3.65. The van der Waals surface area contributed by atoms with Crippen LogP contribution in [0.15, 0.2) is 60.8 Å². The van der Waals surface area contributed by atoms with Crippen LogP contribution in [0.3, 0.4) is 0 Å². The lowest BCUT2D eigenvalue weighted by Gasteiger charge is -2.20. The normalized spacial score (nSPS) is 14.0. The van der Waals surface area contributed by atoms with Crippen molar-refractivity contribution >= 4 is 11.7 Å². The van der Waals surface area contributed by atoms with E-state index in [9.17, 15) is 4.79 Å². The molecule has 0 radical (unpaired) electrons. The van der Waals surface area contributed by atoms with Crippen molar-refractivity contribution in [3.63, 3.8) is 0 Å². The maximum atomic E-state index is 12.6. The molecule has 4 rings (SSSR count). The summed E-state index contributed by atoms with van der Waals surface area (Å²) in [5.41, 5.74) is 4.05. The van der Waals surface area contributed by atoms with Crippen molar-refractivity contribution in [1.82, 2.24) is 9.88 Å². The second kappa shape index (κ2) is 8.19. The minimum atomic E-state index is 0.0422. The van der Waals surface area contributed by atoms with Gasteiger partial charge in [0.1, 0.15) is 17.3 Å². The molecular formula is C25H27N3O2. The molecule has 1 atom stereocenters. The molecule has 1 N–H and O–H groups in total. The van der Waals surface area contributed by atoms with Crippen molar-refractivity contribution in [2.75, 3.05) is 5.32 Å². The van der Waals surface area contributed by atoms with Crippen molar-refractivity contribution < 1.29 is 9.53 Å². The summed E-state index contributed by atoms with van der Waals surface area (Å²) in [4.78, 5) is 19.0. The van der Waals surface area contributed by atoms with E-state index in [2.05, 4.69) is 36.3 Å². The summed E-state index contributed by atoms with van der Waals surface area (Å²) in [7, 11) is 0. The number of anilines is 1. The number of carbonyl (C=O) groups is 1. The van der Waals surface area contributed by atoms with Gasteiger partial charge in [-0.05, 0) is 63.6 Å². The second-order valence-corrected chi connectivity index (χ2v) is 8.06. The minimum Gasteiger partial charge on any atom is -0.457 e. The number of rotatable bonds is 6. The molecule has 5 heteroatoms. The molecule has 0 saturated heterocycles. The first kappa shape index (κ1) is 20.0. The molecule has 3 aromatic rings. The highest BCUT2D eigenvalue weighted by atomic mass is 16.5. The third kappa shape index (κ3) is 4.01. The number of pyridine rings is 1. The van der Waals surface area contributed by atoms with E-state index in [1.54, 1.807) is 6.20 Å². The van der Waals surface area contributed by atoms with Crippen LogP contribution in [0.25, 0.3) is 0 Å². The van der Waals surface area contributed by atoms with E-state index in [1.807, 2.05) is 61.2 Å². The summed E-state index contributed by atoms with van der Waals surface area (Å²) in [5, 5.41) is 3.48. The lowest BCUT2D eigenvalue weighted by atomic mass is 10.1. The molecule has 1 aromatic heterocycles. The van der Waals surface area contributed by atoms with Crippen molar-refractivity contribution in [2.24, 2.45) is 0 Å². The summed E-state index contributed by atoms with van der Waals surface area (Å²) in [5.74, 6) is 2.47. The van der Waals surface area contributed by atoms with Crippen LogP contribution in [0.4, 0.5) is 5.82 Å². The summed E-state index contributed by atoms with van der Waals surface area (Å²) < 4.78 is 5.92. The number of hydrogen-bond donors (Lipinski definition) is 1. The zero-order chi connectivity index (χ0) is 21.3. The first-order chi connectivity index (χ1) is 14.4. The van der Waals surface area contributed by atoms with Crippen molar-refractivity contribution in [2.45, 2.75) is 46.3 Å². The van der Waals surface area contributed by atoms with Gasteiger partial charge < -0.3 is 15.0 Å². The van der Waals surface area contributed by atoms with E-state index in [1.165, 1.54) is 5.56 Å². The number of amides is 1. The minimum absolute atomic E-state index is 0.0422. The summed E-state index contributed by atoms with van der Waals surface area (Å²) in [6.45, 7) is 8.81. The Morgan fingerprint density at radius 1 is 0.967 bits per heavy atom. The summed E-state index contributed by atoms with van der Waals surface area (Å²) >= 11 is 0. The average Bonchev–Trinajstić information content (AvgIpc) is 3.08. The molecule has 30 heavy (non-hydrogen) atoms. The molecule has 1 unspecified atom stereocenters. The first-order valence-corrected chi connectivity index (χ1v) is 10.3. The maximum Gasteiger partial charge on any atom is 0.254 e. The van der Waals surface area contributed by atoms with Crippen LogP contribution < -0.4 is 10.1 Å². The molecule has 2 aromatic carbocycles. The van der Waals surface area contributed by atoms with Crippen LogP contribution in [0.2, 0.25) is 0 Å². The molecule has 0 fully saturated rings. The maximum absolute atomic E-state index is 12.6. The van der Waals surface area contributed by atoms with Crippen LogP contribution in [-0.4, -0.2) is 21.8 Å². The van der Waals surface area contributed by atoms with Gasteiger partial charge in [-0.2, -0.15) is 0 Å². The molecule has 5 nitrogen and oxygen atoms in total. The average molecular weight is 402 g/mol. The van der Waals surface area contributed by atoms with Crippen molar-refractivity contribution in [3.8, 4) is 11.5 Å². The number of fused-ring (bicyclic) bond motifs is 1. The van der Waals surface area contributed by atoms with Gasteiger partial charge in [-0.25, -0.2) is 4.98 Å². The fourth-order valence-corrected chi connectivity index (χ4v) is 3.65. The van der Waals surface area contributed by atoms with E-state index in [4.69, 9.17) is 4.74 Å². The first-order valence-electron chi connectivity index (χ1n) is 10.3. The molecule has 0 aliphatic carbocycles. The Labute approximate surface area is 177 Å².